The van der Waals surface area contributed by atoms with Gasteiger partial charge in [-0.25, -0.2) is 0 Å². The van der Waals surface area contributed by atoms with Crippen LogP contribution in [-0.4, -0.2) is 0 Å². The number of halogens is 1. The Labute approximate surface area is 136 Å². The average Bonchev–Trinajstić information content (AvgIpc) is 2.53. The van der Waals surface area contributed by atoms with E-state index in [1.807, 2.05) is 0 Å². The van der Waals surface area contributed by atoms with Gasteiger partial charge in [0, 0.05) is 10.2 Å². The third kappa shape index (κ3) is 4.89. The fourth-order valence-electron chi connectivity index (χ4n) is 2.47. The summed E-state index contributed by atoms with van der Waals surface area (Å²) in [5.41, 5.74) is 3.96. The standard InChI is InChI=1S/C19H24BrN/c1-3-5-6-15-7-13-18(14-8-15)21-19(4-2)16-9-11-17(20)12-10-16/h7-14,19,21H,3-6H2,1-2H3. The van der Waals surface area contributed by atoms with Crippen LogP contribution in [0.25, 0.3) is 0 Å². The first-order chi connectivity index (χ1) is 10.2. The molecule has 1 unspecified atom stereocenters. The van der Waals surface area contributed by atoms with Crippen LogP contribution in [0, 0.1) is 0 Å². The lowest BCUT2D eigenvalue weighted by Gasteiger charge is -2.19. The third-order valence-electron chi connectivity index (χ3n) is 3.79. The maximum atomic E-state index is 3.63. The Kier molecular flexibility index (Phi) is 6.31. The van der Waals surface area contributed by atoms with E-state index >= 15 is 0 Å². The molecule has 0 aliphatic rings. The normalized spacial score (nSPS) is 12.1. The van der Waals surface area contributed by atoms with Crippen molar-refractivity contribution in [3.63, 3.8) is 0 Å². The molecule has 0 fully saturated rings. The van der Waals surface area contributed by atoms with Crippen LogP contribution in [-0.2, 0) is 6.42 Å². The zero-order valence-corrected chi connectivity index (χ0v) is 14.5. The number of aryl methyl sites for hydroxylation is 1. The topological polar surface area (TPSA) is 12.0 Å². The molecule has 2 heteroatoms. The van der Waals surface area contributed by atoms with Gasteiger partial charge in [0.25, 0.3) is 0 Å². The summed E-state index contributed by atoms with van der Waals surface area (Å²) in [5.74, 6) is 0. The molecular formula is C19H24BrN. The highest BCUT2D eigenvalue weighted by molar-refractivity contribution is 9.10. The largest absolute Gasteiger partial charge is 0.378 e. The molecule has 0 saturated heterocycles. The summed E-state index contributed by atoms with van der Waals surface area (Å²) in [6.07, 6.45) is 4.77. The van der Waals surface area contributed by atoms with Gasteiger partial charge in [-0.15, -0.1) is 0 Å². The van der Waals surface area contributed by atoms with Crippen molar-refractivity contribution in [1.82, 2.24) is 0 Å². The fraction of sp³-hybridized carbons (Fsp3) is 0.368. The summed E-state index contributed by atoms with van der Waals surface area (Å²) >= 11 is 3.49. The zero-order chi connectivity index (χ0) is 15.1. The predicted molar refractivity (Wildman–Crippen MR) is 95.9 cm³/mol. The maximum Gasteiger partial charge on any atom is 0.0511 e. The monoisotopic (exact) mass is 345 g/mol. The molecule has 2 aromatic rings. The molecule has 112 valence electrons. The molecular weight excluding hydrogens is 322 g/mol. The second-order valence-corrected chi connectivity index (χ2v) is 6.37. The minimum Gasteiger partial charge on any atom is -0.378 e. The van der Waals surface area contributed by atoms with Crippen molar-refractivity contribution in [2.75, 3.05) is 5.32 Å². The molecule has 2 rings (SSSR count). The van der Waals surface area contributed by atoms with E-state index in [4.69, 9.17) is 0 Å². The molecule has 2 aromatic carbocycles. The van der Waals surface area contributed by atoms with Gasteiger partial charge >= 0.3 is 0 Å². The van der Waals surface area contributed by atoms with Crippen molar-refractivity contribution in [3.05, 3.63) is 64.1 Å². The van der Waals surface area contributed by atoms with E-state index in [0.29, 0.717) is 6.04 Å². The van der Waals surface area contributed by atoms with Gasteiger partial charge in [0.15, 0.2) is 0 Å². The first-order valence-corrected chi connectivity index (χ1v) is 8.63. The number of benzene rings is 2. The first kappa shape index (κ1) is 16.1. The molecule has 1 N–H and O–H groups in total. The van der Waals surface area contributed by atoms with E-state index in [2.05, 4.69) is 83.6 Å². The molecule has 21 heavy (non-hydrogen) atoms. The number of rotatable bonds is 7. The van der Waals surface area contributed by atoms with Crippen LogP contribution >= 0.6 is 15.9 Å². The molecule has 0 aromatic heterocycles. The smallest absolute Gasteiger partial charge is 0.0511 e. The predicted octanol–water partition coefficient (Wildman–Crippen LogP) is 6.35. The van der Waals surface area contributed by atoms with Crippen LogP contribution in [0.15, 0.2) is 53.0 Å². The van der Waals surface area contributed by atoms with Crippen LogP contribution in [0.2, 0.25) is 0 Å². The lowest BCUT2D eigenvalue weighted by molar-refractivity contribution is 0.749. The Balaban J connectivity index is 2.02. The summed E-state index contributed by atoms with van der Waals surface area (Å²) in [6, 6.07) is 17.8. The quantitative estimate of drug-likeness (QED) is 0.615. The first-order valence-electron chi connectivity index (χ1n) is 7.84. The lowest BCUT2D eigenvalue weighted by atomic mass is 10.0. The summed E-state index contributed by atoms with van der Waals surface area (Å²) in [4.78, 5) is 0. The van der Waals surface area contributed by atoms with Crippen molar-refractivity contribution in [3.8, 4) is 0 Å². The Morgan fingerprint density at radius 2 is 1.62 bits per heavy atom. The van der Waals surface area contributed by atoms with Crippen molar-refractivity contribution in [2.45, 2.75) is 45.6 Å². The third-order valence-corrected chi connectivity index (χ3v) is 4.32. The second-order valence-electron chi connectivity index (χ2n) is 5.46. The van der Waals surface area contributed by atoms with E-state index in [9.17, 15) is 0 Å². The van der Waals surface area contributed by atoms with Crippen LogP contribution in [0.1, 0.15) is 50.3 Å². The molecule has 0 spiro atoms. The van der Waals surface area contributed by atoms with E-state index in [1.54, 1.807) is 0 Å². The minimum atomic E-state index is 0.361. The van der Waals surface area contributed by atoms with Gasteiger partial charge in [0.2, 0.25) is 0 Å². The van der Waals surface area contributed by atoms with Gasteiger partial charge in [-0.3, -0.25) is 0 Å². The zero-order valence-electron chi connectivity index (χ0n) is 12.9. The van der Waals surface area contributed by atoms with Crippen LogP contribution in [0.3, 0.4) is 0 Å². The number of hydrogen-bond acceptors (Lipinski definition) is 1. The Hall–Kier alpha value is -1.28. The molecule has 0 aliphatic heterocycles. The summed E-state index contributed by atoms with van der Waals surface area (Å²) in [5, 5.41) is 3.63. The van der Waals surface area contributed by atoms with Gasteiger partial charge in [-0.2, -0.15) is 0 Å². The van der Waals surface area contributed by atoms with E-state index in [1.165, 1.54) is 36.1 Å². The number of hydrogen-bond donors (Lipinski definition) is 1. The number of nitrogens with one attached hydrogen (secondary N) is 1. The minimum absolute atomic E-state index is 0.361. The number of unbranched alkanes of at least 4 members (excludes halogenated alkanes) is 1. The molecule has 1 atom stereocenters. The molecule has 0 aliphatic carbocycles. The molecule has 0 radical (unpaired) electrons. The summed E-state index contributed by atoms with van der Waals surface area (Å²) < 4.78 is 1.13. The van der Waals surface area contributed by atoms with Crippen LogP contribution < -0.4 is 5.32 Å². The maximum absolute atomic E-state index is 3.63. The van der Waals surface area contributed by atoms with Gasteiger partial charge in [-0.05, 0) is 54.7 Å². The van der Waals surface area contributed by atoms with Gasteiger partial charge in [0.05, 0.1) is 6.04 Å². The van der Waals surface area contributed by atoms with Gasteiger partial charge in [-0.1, -0.05) is 60.5 Å². The van der Waals surface area contributed by atoms with Crippen molar-refractivity contribution < 1.29 is 0 Å². The summed E-state index contributed by atoms with van der Waals surface area (Å²) in [6.45, 7) is 4.45. The second kappa shape index (κ2) is 8.23. The molecule has 0 bridgehead atoms. The van der Waals surface area contributed by atoms with Crippen molar-refractivity contribution in [2.24, 2.45) is 0 Å². The SMILES string of the molecule is CCCCc1ccc(NC(CC)c2ccc(Br)cc2)cc1. The van der Waals surface area contributed by atoms with E-state index < -0.39 is 0 Å². The average molecular weight is 346 g/mol. The van der Waals surface area contributed by atoms with Gasteiger partial charge in [0.1, 0.15) is 0 Å². The number of anilines is 1. The Morgan fingerprint density at radius 3 is 2.19 bits per heavy atom. The fourth-order valence-corrected chi connectivity index (χ4v) is 2.73. The molecule has 1 nitrogen and oxygen atoms in total. The molecule has 0 saturated carbocycles. The van der Waals surface area contributed by atoms with E-state index in [-0.39, 0.29) is 0 Å². The van der Waals surface area contributed by atoms with Crippen molar-refractivity contribution in [1.29, 1.82) is 0 Å². The van der Waals surface area contributed by atoms with Gasteiger partial charge < -0.3 is 5.32 Å². The molecule has 0 amide bonds. The Bertz CT molecular complexity index is 530. The Morgan fingerprint density at radius 1 is 0.952 bits per heavy atom. The molecule has 0 heterocycles. The summed E-state index contributed by atoms with van der Waals surface area (Å²) in [7, 11) is 0. The van der Waals surface area contributed by atoms with Crippen LogP contribution in [0.5, 0.6) is 0 Å². The van der Waals surface area contributed by atoms with Crippen LogP contribution in [0.4, 0.5) is 5.69 Å². The van der Waals surface area contributed by atoms with E-state index in [0.717, 1.165) is 10.9 Å². The lowest BCUT2D eigenvalue weighted by Crippen LogP contribution is -2.09. The highest BCUT2D eigenvalue weighted by Crippen LogP contribution is 2.24. The highest BCUT2D eigenvalue weighted by atomic mass is 79.9. The van der Waals surface area contributed by atoms with Crippen molar-refractivity contribution >= 4 is 21.6 Å². The highest BCUT2D eigenvalue weighted by Gasteiger charge is 2.08.